The first-order valence-electron chi connectivity index (χ1n) is 8.87. The number of sulfone groups is 1. The predicted molar refractivity (Wildman–Crippen MR) is 97.9 cm³/mol. The zero-order valence-electron chi connectivity index (χ0n) is 15.2. The number of aliphatic hydroxyl groups excluding tert-OH is 1. The molecule has 1 aliphatic carbocycles. The van der Waals surface area contributed by atoms with E-state index in [-0.39, 0.29) is 10.7 Å². The van der Waals surface area contributed by atoms with Crippen LogP contribution in [0.5, 0.6) is 0 Å². The second-order valence-corrected chi connectivity index (χ2v) is 10.7. The molecule has 3 rings (SSSR count). The van der Waals surface area contributed by atoms with Crippen molar-refractivity contribution in [2.24, 2.45) is 5.41 Å². The normalized spacial score (nSPS) is 19.9. The van der Waals surface area contributed by atoms with Crippen molar-refractivity contribution in [1.29, 1.82) is 0 Å². The van der Waals surface area contributed by atoms with Crippen molar-refractivity contribution < 1.29 is 18.3 Å². The number of hydrogen-bond donors (Lipinski definition) is 1. The summed E-state index contributed by atoms with van der Waals surface area (Å²) in [4.78, 5) is 14.4. The Balaban J connectivity index is 1.99. The molecule has 0 atom stereocenters. The summed E-state index contributed by atoms with van der Waals surface area (Å²) in [5, 5.41) is 9.47. The molecule has 1 aromatic rings. The van der Waals surface area contributed by atoms with Gasteiger partial charge in [0.1, 0.15) is 0 Å². The minimum Gasteiger partial charge on any atom is -0.395 e. The first-order valence-corrected chi connectivity index (χ1v) is 10.4. The highest BCUT2D eigenvalue weighted by Crippen LogP contribution is 2.54. The molecule has 138 valence electrons. The average molecular weight is 365 g/mol. The van der Waals surface area contributed by atoms with Gasteiger partial charge in [0.2, 0.25) is 0 Å². The van der Waals surface area contributed by atoms with Crippen LogP contribution in [0, 0.1) is 5.41 Å². The lowest BCUT2D eigenvalue weighted by molar-refractivity contribution is 0.101. The molecule has 1 saturated heterocycles. The van der Waals surface area contributed by atoms with E-state index in [2.05, 4.69) is 4.90 Å². The van der Waals surface area contributed by atoms with E-state index in [9.17, 15) is 18.3 Å². The molecule has 1 N–H and O–H groups in total. The molecule has 0 unspecified atom stereocenters. The summed E-state index contributed by atoms with van der Waals surface area (Å²) in [7, 11) is -3.69. The van der Waals surface area contributed by atoms with E-state index >= 15 is 0 Å². The van der Waals surface area contributed by atoms with Crippen LogP contribution in [0.2, 0.25) is 0 Å². The second-order valence-electron chi connectivity index (χ2n) is 8.14. The molecule has 1 spiro atoms. The summed E-state index contributed by atoms with van der Waals surface area (Å²) < 4.78 is 24.4. The van der Waals surface area contributed by atoms with Gasteiger partial charge < -0.3 is 10.0 Å². The van der Waals surface area contributed by atoms with Crippen molar-refractivity contribution in [2.75, 3.05) is 24.6 Å². The molecule has 0 amide bonds. The summed E-state index contributed by atoms with van der Waals surface area (Å²) in [5.74, 6) is -0.0629. The lowest BCUT2D eigenvalue weighted by atomic mass is 9.93. The minimum absolute atomic E-state index is 0.0629. The molecule has 1 saturated carbocycles. The smallest absolute Gasteiger partial charge is 0.185 e. The Bertz CT molecular complexity index is 784. The van der Waals surface area contributed by atoms with Crippen molar-refractivity contribution in [1.82, 2.24) is 0 Å². The molecule has 5 nitrogen and oxygen atoms in total. The van der Waals surface area contributed by atoms with Crippen molar-refractivity contribution >= 4 is 21.3 Å². The van der Waals surface area contributed by atoms with Crippen LogP contribution < -0.4 is 4.90 Å². The fourth-order valence-corrected chi connectivity index (χ4v) is 4.86. The van der Waals surface area contributed by atoms with Crippen LogP contribution in [0.3, 0.4) is 0 Å². The molecule has 0 aromatic heterocycles. The minimum atomic E-state index is -3.69. The van der Waals surface area contributed by atoms with E-state index in [1.165, 1.54) is 39.7 Å². The Kier molecular flexibility index (Phi) is 4.48. The van der Waals surface area contributed by atoms with Crippen molar-refractivity contribution in [3.05, 3.63) is 23.8 Å². The monoisotopic (exact) mass is 365 g/mol. The summed E-state index contributed by atoms with van der Waals surface area (Å²) in [6.07, 6.45) is 4.78. The third-order valence-corrected chi connectivity index (χ3v) is 8.35. The molecule has 6 heteroatoms. The highest BCUT2D eigenvalue weighted by molar-refractivity contribution is 7.92. The van der Waals surface area contributed by atoms with Crippen LogP contribution in [-0.2, 0) is 9.84 Å². The molecular weight excluding hydrogens is 338 g/mol. The molecule has 1 aromatic carbocycles. The SMILES string of the molecule is CC(=O)c1ccc(S(=O)(=O)C(C)(C)CO)cc1N1CCC2(CC1)CC2. The van der Waals surface area contributed by atoms with Gasteiger partial charge in [-0.15, -0.1) is 0 Å². The lowest BCUT2D eigenvalue weighted by Crippen LogP contribution is -2.37. The van der Waals surface area contributed by atoms with Crippen molar-refractivity contribution in [2.45, 2.75) is 56.1 Å². The fourth-order valence-electron chi connectivity index (χ4n) is 3.54. The first-order chi connectivity index (χ1) is 11.6. The van der Waals surface area contributed by atoms with Gasteiger partial charge in [0, 0.05) is 24.3 Å². The summed E-state index contributed by atoms with van der Waals surface area (Å²) >= 11 is 0. The van der Waals surface area contributed by atoms with Crippen molar-refractivity contribution in [3.63, 3.8) is 0 Å². The van der Waals surface area contributed by atoms with E-state index in [1.807, 2.05) is 0 Å². The molecule has 25 heavy (non-hydrogen) atoms. The number of Topliss-reactive ketones (excluding diaryl/α,β-unsaturated/α-hetero) is 1. The van der Waals surface area contributed by atoms with Crippen LogP contribution >= 0.6 is 0 Å². The third-order valence-electron chi connectivity index (χ3n) is 5.89. The number of benzene rings is 1. The topological polar surface area (TPSA) is 74.7 Å². The zero-order valence-corrected chi connectivity index (χ0v) is 16.0. The fraction of sp³-hybridized carbons (Fsp3) is 0.632. The maximum atomic E-state index is 12.9. The molecule has 0 radical (unpaired) electrons. The Hall–Kier alpha value is -1.40. The van der Waals surface area contributed by atoms with Gasteiger partial charge in [-0.2, -0.15) is 0 Å². The zero-order chi connectivity index (χ0) is 18.5. The third kappa shape index (κ3) is 3.22. The van der Waals surface area contributed by atoms with E-state index in [0.29, 0.717) is 16.7 Å². The number of carbonyl (C=O) groups is 1. The van der Waals surface area contributed by atoms with Gasteiger partial charge in [-0.25, -0.2) is 8.42 Å². The van der Waals surface area contributed by atoms with Crippen LogP contribution in [-0.4, -0.2) is 43.8 Å². The Morgan fingerprint density at radius 1 is 1.20 bits per heavy atom. The van der Waals surface area contributed by atoms with Gasteiger partial charge >= 0.3 is 0 Å². The van der Waals surface area contributed by atoms with Crippen LogP contribution in [0.15, 0.2) is 23.1 Å². The van der Waals surface area contributed by atoms with E-state index in [4.69, 9.17) is 0 Å². The van der Waals surface area contributed by atoms with Gasteiger partial charge in [-0.3, -0.25) is 4.79 Å². The van der Waals surface area contributed by atoms with E-state index in [1.54, 1.807) is 12.1 Å². The standard InChI is InChI=1S/C19H27NO4S/c1-14(22)16-5-4-15(25(23,24)18(2,3)13-21)12-17(16)20-10-8-19(6-7-19)9-11-20/h4-5,12,21H,6-11,13H2,1-3H3. The molecule has 1 aliphatic heterocycles. The quantitative estimate of drug-likeness (QED) is 0.812. The second kappa shape index (κ2) is 6.09. The van der Waals surface area contributed by atoms with Crippen LogP contribution in [0.1, 0.15) is 56.8 Å². The maximum absolute atomic E-state index is 12.9. The van der Waals surface area contributed by atoms with Gasteiger partial charge in [0.15, 0.2) is 15.6 Å². The highest BCUT2D eigenvalue weighted by Gasteiger charge is 2.45. The van der Waals surface area contributed by atoms with Gasteiger partial charge in [-0.05, 0) is 70.1 Å². The predicted octanol–water partition coefficient (Wildman–Crippen LogP) is 2.81. The van der Waals surface area contributed by atoms with Crippen molar-refractivity contribution in [3.8, 4) is 0 Å². The summed E-state index contributed by atoms with van der Waals surface area (Å²) in [6, 6.07) is 4.72. The van der Waals surface area contributed by atoms with Crippen LogP contribution in [0.4, 0.5) is 5.69 Å². The highest BCUT2D eigenvalue weighted by atomic mass is 32.2. The summed E-state index contributed by atoms with van der Waals surface area (Å²) in [6.45, 7) is 5.79. The molecular formula is C19H27NO4S. The Labute approximate surface area is 150 Å². The number of ketones is 1. The largest absolute Gasteiger partial charge is 0.395 e. The molecule has 0 bridgehead atoms. The number of aliphatic hydroxyl groups is 1. The van der Waals surface area contributed by atoms with E-state index < -0.39 is 21.2 Å². The Morgan fingerprint density at radius 2 is 1.80 bits per heavy atom. The number of anilines is 1. The number of rotatable bonds is 5. The lowest BCUT2D eigenvalue weighted by Gasteiger charge is -2.35. The Morgan fingerprint density at radius 3 is 2.28 bits per heavy atom. The van der Waals surface area contributed by atoms with E-state index in [0.717, 1.165) is 25.9 Å². The maximum Gasteiger partial charge on any atom is 0.185 e. The summed E-state index contributed by atoms with van der Waals surface area (Å²) in [5.41, 5.74) is 1.78. The van der Waals surface area contributed by atoms with Gasteiger partial charge in [-0.1, -0.05) is 0 Å². The number of piperidine rings is 1. The molecule has 1 heterocycles. The average Bonchev–Trinajstić information content (AvgIpc) is 3.33. The number of hydrogen-bond acceptors (Lipinski definition) is 5. The van der Waals surface area contributed by atoms with Gasteiger partial charge in [0.05, 0.1) is 16.2 Å². The number of nitrogens with zero attached hydrogens (tertiary/aromatic N) is 1. The number of carbonyl (C=O) groups excluding carboxylic acids is 1. The molecule has 2 fully saturated rings. The van der Waals surface area contributed by atoms with Crippen LogP contribution in [0.25, 0.3) is 0 Å². The molecule has 2 aliphatic rings. The first kappa shape index (κ1) is 18.4. The van der Waals surface area contributed by atoms with Gasteiger partial charge in [0.25, 0.3) is 0 Å².